The molecule has 0 aromatic rings. The highest BCUT2D eigenvalue weighted by Gasteiger charge is 2.14. The third kappa shape index (κ3) is 2.67. The fraction of sp³-hybridized carbons (Fsp3) is 1.00. The van der Waals surface area contributed by atoms with Gasteiger partial charge in [-0.15, -0.1) is 0 Å². The third-order valence-electron chi connectivity index (χ3n) is 1.74. The maximum atomic E-state index is 5.23. The molecule has 0 bridgehead atoms. The Hall–Kier alpha value is -0.0800. The molecule has 0 aromatic heterocycles. The van der Waals surface area contributed by atoms with E-state index >= 15 is 0 Å². The summed E-state index contributed by atoms with van der Waals surface area (Å²) in [4.78, 5) is 0. The third-order valence-corrected chi connectivity index (χ3v) is 1.74. The molecule has 1 aliphatic heterocycles. The lowest BCUT2D eigenvalue weighted by atomic mass is 10.2. The van der Waals surface area contributed by atoms with Gasteiger partial charge in [0.25, 0.3) is 0 Å². The van der Waals surface area contributed by atoms with Crippen LogP contribution in [-0.2, 0) is 4.74 Å². The molecule has 0 radical (unpaired) electrons. The van der Waals surface area contributed by atoms with Gasteiger partial charge in [-0.05, 0) is 18.9 Å². The van der Waals surface area contributed by atoms with Gasteiger partial charge in [0.15, 0.2) is 0 Å². The molecule has 1 N–H and O–H groups in total. The lowest BCUT2D eigenvalue weighted by Crippen LogP contribution is -2.32. The van der Waals surface area contributed by atoms with E-state index in [1.165, 1.54) is 6.42 Å². The van der Waals surface area contributed by atoms with E-state index in [0.717, 1.165) is 25.7 Å². The first-order valence-corrected chi connectivity index (χ1v) is 4.10. The van der Waals surface area contributed by atoms with Crippen molar-refractivity contribution in [3.8, 4) is 0 Å². The van der Waals surface area contributed by atoms with Gasteiger partial charge in [0.2, 0.25) is 0 Å². The zero-order valence-corrected chi connectivity index (χ0v) is 6.89. The number of ether oxygens (including phenoxy) is 1. The summed E-state index contributed by atoms with van der Waals surface area (Å²) < 4.78 is 5.23. The van der Waals surface area contributed by atoms with E-state index in [9.17, 15) is 0 Å². The molecule has 1 rings (SSSR count). The summed E-state index contributed by atoms with van der Waals surface area (Å²) in [5.74, 6) is 0.751. The van der Waals surface area contributed by atoms with Crippen molar-refractivity contribution in [1.82, 2.24) is 5.32 Å². The second-order valence-corrected chi connectivity index (χ2v) is 3.36. The Kier molecular flexibility index (Phi) is 3.16. The Morgan fingerprint density at radius 1 is 1.60 bits per heavy atom. The van der Waals surface area contributed by atoms with E-state index in [0.29, 0.717) is 6.04 Å². The smallest absolute Gasteiger partial charge is 0.0620 e. The molecule has 1 atom stereocenters. The van der Waals surface area contributed by atoms with Crippen LogP contribution in [-0.4, -0.2) is 25.8 Å². The van der Waals surface area contributed by atoms with Crippen LogP contribution in [0.3, 0.4) is 0 Å². The van der Waals surface area contributed by atoms with Gasteiger partial charge < -0.3 is 10.1 Å². The summed E-state index contributed by atoms with van der Waals surface area (Å²) in [6, 6.07) is 0.627. The summed E-state index contributed by atoms with van der Waals surface area (Å²) in [6.45, 7) is 7.42. The summed E-state index contributed by atoms with van der Waals surface area (Å²) >= 11 is 0. The molecule has 1 saturated heterocycles. The topological polar surface area (TPSA) is 21.3 Å². The Labute approximate surface area is 63.0 Å². The fourth-order valence-electron chi connectivity index (χ4n) is 1.10. The molecular formula is C8H17NO. The maximum absolute atomic E-state index is 5.23. The van der Waals surface area contributed by atoms with Gasteiger partial charge in [-0.3, -0.25) is 0 Å². The van der Waals surface area contributed by atoms with Gasteiger partial charge in [-0.25, -0.2) is 0 Å². The lowest BCUT2D eigenvalue weighted by molar-refractivity contribution is 0.189. The van der Waals surface area contributed by atoms with Gasteiger partial charge >= 0.3 is 0 Å². The fourth-order valence-corrected chi connectivity index (χ4v) is 1.10. The number of hydrogen-bond donors (Lipinski definition) is 1. The normalized spacial score (nSPS) is 26.1. The molecule has 1 unspecified atom stereocenters. The van der Waals surface area contributed by atoms with Crippen molar-refractivity contribution in [2.24, 2.45) is 5.92 Å². The zero-order chi connectivity index (χ0) is 7.40. The Balaban J connectivity index is 2.01. The van der Waals surface area contributed by atoms with Crippen LogP contribution in [0.4, 0.5) is 0 Å². The quantitative estimate of drug-likeness (QED) is 0.637. The summed E-state index contributed by atoms with van der Waals surface area (Å²) in [7, 11) is 0. The van der Waals surface area contributed by atoms with Gasteiger partial charge in [0, 0.05) is 12.6 Å². The molecule has 1 heterocycles. The molecule has 1 fully saturated rings. The lowest BCUT2D eigenvalue weighted by Gasteiger charge is -2.11. The summed E-state index contributed by atoms with van der Waals surface area (Å²) in [6.07, 6.45) is 1.19. The van der Waals surface area contributed by atoms with Gasteiger partial charge in [0.1, 0.15) is 0 Å². The number of hydrogen-bond acceptors (Lipinski definition) is 2. The SMILES string of the molecule is CC(C)CNC1CCOC1. The van der Waals surface area contributed by atoms with E-state index in [4.69, 9.17) is 4.74 Å². The highest BCUT2D eigenvalue weighted by atomic mass is 16.5. The maximum Gasteiger partial charge on any atom is 0.0620 e. The van der Waals surface area contributed by atoms with Crippen molar-refractivity contribution in [3.63, 3.8) is 0 Å². The Bertz CT molecular complexity index is 87.3. The molecule has 2 heteroatoms. The van der Waals surface area contributed by atoms with E-state index in [2.05, 4.69) is 19.2 Å². The van der Waals surface area contributed by atoms with Crippen LogP contribution in [0.25, 0.3) is 0 Å². The Morgan fingerprint density at radius 3 is 2.90 bits per heavy atom. The molecule has 0 aromatic carbocycles. The minimum atomic E-state index is 0.627. The molecule has 0 saturated carbocycles. The second-order valence-electron chi connectivity index (χ2n) is 3.36. The predicted molar refractivity (Wildman–Crippen MR) is 42.1 cm³/mol. The monoisotopic (exact) mass is 143 g/mol. The number of nitrogens with one attached hydrogen (secondary N) is 1. The molecule has 1 aliphatic rings. The van der Waals surface area contributed by atoms with Crippen molar-refractivity contribution in [1.29, 1.82) is 0 Å². The van der Waals surface area contributed by atoms with Crippen LogP contribution in [0.1, 0.15) is 20.3 Å². The van der Waals surface area contributed by atoms with E-state index in [1.54, 1.807) is 0 Å². The number of rotatable bonds is 3. The molecule has 60 valence electrons. The van der Waals surface area contributed by atoms with E-state index in [-0.39, 0.29) is 0 Å². The molecule has 0 aliphatic carbocycles. The molecule has 0 spiro atoms. The summed E-state index contributed by atoms with van der Waals surface area (Å²) in [5.41, 5.74) is 0. The minimum Gasteiger partial charge on any atom is -0.380 e. The van der Waals surface area contributed by atoms with Crippen LogP contribution in [0.5, 0.6) is 0 Å². The molecule has 0 amide bonds. The van der Waals surface area contributed by atoms with Crippen molar-refractivity contribution in [2.75, 3.05) is 19.8 Å². The van der Waals surface area contributed by atoms with Crippen LogP contribution in [0.15, 0.2) is 0 Å². The first-order chi connectivity index (χ1) is 4.79. The van der Waals surface area contributed by atoms with Gasteiger partial charge in [0.05, 0.1) is 6.61 Å². The average Bonchev–Trinajstić information content (AvgIpc) is 2.34. The van der Waals surface area contributed by atoms with Crippen LogP contribution in [0, 0.1) is 5.92 Å². The molecular weight excluding hydrogens is 126 g/mol. The van der Waals surface area contributed by atoms with Crippen LogP contribution >= 0.6 is 0 Å². The van der Waals surface area contributed by atoms with E-state index < -0.39 is 0 Å². The molecule has 2 nitrogen and oxygen atoms in total. The zero-order valence-electron chi connectivity index (χ0n) is 6.89. The minimum absolute atomic E-state index is 0.627. The van der Waals surface area contributed by atoms with E-state index in [1.807, 2.05) is 0 Å². The standard InChI is InChI=1S/C8H17NO/c1-7(2)5-9-8-3-4-10-6-8/h7-9H,3-6H2,1-2H3. The summed E-state index contributed by atoms with van der Waals surface area (Å²) in [5, 5.41) is 3.46. The Morgan fingerprint density at radius 2 is 2.40 bits per heavy atom. The van der Waals surface area contributed by atoms with Crippen LogP contribution in [0.2, 0.25) is 0 Å². The van der Waals surface area contributed by atoms with Gasteiger partial charge in [-0.1, -0.05) is 13.8 Å². The first kappa shape index (κ1) is 8.02. The average molecular weight is 143 g/mol. The second kappa shape index (κ2) is 3.94. The highest BCUT2D eigenvalue weighted by Crippen LogP contribution is 2.03. The van der Waals surface area contributed by atoms with Crippen LogP contribution < -0.4 is 5.32 Å². The largest absolute Gasteiger partial charge is 0.380 e. The van der Waals surface area contributed by atoms with Crippen molar-refractivity contribution in [3.05, 3.63) is 0 Å². The van der Waals surface area contributed by atoms with Crippen molar-refractivity contribution >= 4 is 0 Å². The highest BCUT2D eigenvalue weighted by molar-refractivity contribution is 4.71. The predicted octanol–water partition coefficient (Wildman–Crippen LogP) is 1.02. The van der Waals surface area contributed by atoms with Crippen molar-refractivity contribution < 1.29 is 4.74 Å². The van der Waals surface area contributed by atoms with Crippen molar-refractivity contribution in [2.45, 2.75) is 26.3 Å². The molecule has 10 heavy (non-hydrogen) atoms. The first-order valence-electron chi connectivity index (χ1n) is 4.10. The van der Waals surface area contributed by atoms with Gasteiger partial charge in [-0.2, -0.15) is 0 Å².